The van der Waals surface area contributed by atoms with Crippen molar-refractivity contribution in [3.05, 3.63) is 33.4 Å². The summed E-state index contributed by atoms with van der Waals surface area (Å²) in [6.07, 6.45) is 3.85. The summed E-state index contributed by atoms with van der Waals surface area (Å²) in [5, 5.41) is 3.13. The zero-order valence-electron chi connectivity index (χ0n) is 10.4. The number of hydrogen-bond acceptors (Lipinski definition) is 2. The molecular formula is C14H19IN2O. The van der Waals surface area contributed by atoms with Gasteiger partial charge in [0.15, 0.2) is 0 Å². The van der Waals surface area contributed by atoms with Crippen LogP contribution in [-0.2, 0) is 11.2 Å². The van der Waals surface area contributed by atoms with Gasteiger partial charge in [0, 0.05) is 9.61 Å². The Morgan fingerprint density at radius 3 is 3.00 bits per heavy atom. The van der Waals surface area contributed by atoms with Gasteiger partial charge in [-0.05, 0) is 65.6 Å². The summed E-state index contributed by atoms with van der Waals surface area (Å²) in [6.45, 7) is 0.675. The van der Waals surface area contributed by atoms with Crippen LogP contribution in [0.5, 0.6) is 0 Å². The van der Waals surface area contributed by atoms with E-state index in [9.17, 15) is 4.79 Å². The van der Waals surface area contributed by atoms with Crippen molar-refractivity contribution in [2.75, 3.05) is 6.54 Å². The zero-order chi connectivity index (χ0) is 13.0. The lowest BCUT2D eigenvalue weighted by atomic mass is 10.0. The molecule has 0 spiro atoms. The van der Waals surface area contributed by atoms with Crippen LogP contribution >= 0.6 is 22.6 Å². The van der Waals surface area contributed by atoms with E-state index in [2.05, 4.69) is 34.0 Å². The number of carbonyl (C=O) groups is 1. The second-order valence-corrected chi connectivity index (χ2v) is 6.15. The summed E-state index contributed by atoms with van der Waals surface area (Å²) in [5.41, 5.74) is 6.79. The Morgan fingerprint density at radius 2 is 2.28 bits per heavy atom. The number of hydrogen-bond donors (Lipinski definition) is 2. The lowest BCUT2D eigenvalue weighted by molar-refractivity contribution is -0.121. The third kappa shape index (κ3) is 3.68. The lowest BCUT2D eigenvalue weighted by Crippen LogP contribution is -2.40. The average molecular weight is 358 g/mol. The predicted octanol–water partition coefficient (Wildman–Crippen LogP) is 2.08. The van der Waals surface area contributed by atoms with Gasteiger partial charge in [0.05, 0.1) is 6.42 Å². The minimum atomic E-state index is 0.113. The molecule has 1 aromatic rings. The van der Waals surface area contributed by atoms with Crippen molar-refractivity contribution in [3.8, 4) is 0 Å². The van der Waals surface area contributed by atoms with Crippen molar-refractivity contribution >= 4 is 28.5 Å². The van der Waals surface area contributed by atoms with E-state index in [0.717, 1.165) is 18.4 Å². The fraction of sp³-hybridized carbons (Fsp3) is 0.500. The zero-order valence-corrected chi connectivity index (χ0v) is 12.5. The van der Waals surface area contributed by atoms with Gasteiger partial charge in [-0.3, -0.25) is 4.79 Å². The lowest BCUT2D eigenvalue weighted by Gasteiger charge is -2.19. The summed E-state index contributed by atoms with van der Waals surface area (Å²) >= 11 is 2.26. The topological polar surface area (TPSA) is 55.1 Å². The second-order valence-electron chi connectivity index (χ2n) is 4.91. The molecule has 1 aliphatic carbocycles. The van der Waals surface area contributed by atoms with E-state index in [1.807, 2.05) is 18.2 Å². The van der Waals surface area contributed by atoms with E-state index in [0.29, 0.717) is 18.9 Å². The number of halogens is 1. The van der Waals surface area contributed by atoms with E-state index >= 15 is 0 Å². The standard InChI is InChI=1S/C14H19IN2O/c15-12-5-1-3-10(7-12)8-14(18)17-13-6-2-4-11(13)9-16/h1,3,5,7,11,13H,2,4,6,8-9,16H2,(H,17,18). The second kappa shape index (κ2) is 6.52. The van der Waals surface area contributed by atoms with E-state index in [4.69, 9.17) is 5.73 Å². The first kappa shape index (κ1) is 13.8. The molecule has 0 heterocycles. The Bertz CT molecular complexity index is 422. The van der Waals surface area contributed by atoms with E-state index < -0.39 is 0 Å². The molecule has 4 heteroatoms. The normalized spacial score (nSPS) is 23.0. The van der Waals surface area contributed by atoms with Gasteiger partial charge < -0.3 is 11.1 Å². The van der Waals surface area contributed by atoms with Gasteiger partial charge in [-0.1, -0.05) is 18.6 Å². The Hall–Kier alpha value is -0.620. The van der Waals surface area contributed by atoms with E-state index in [-0.39, 0.29) is 11.9 Å². The van der Waals surface area contributed by atoms with Crippen LogP contribution < -0.4 is 11.1 Å². The Kier molecular flexibility index (Phi) is 5.00. The third-order valence-electron chi connectivity index (χ3n) is 3.56. The first-order chi connectivity index (χ1) is 8.69. The summed E-state index contributed by atoms with van der Waals surface area (Å²) in [5.74, 6) is 0.576. The van der Waals surface area contributed by atoms with Crippen LogP contribution in [-0.4, -0.2) is 18.5 Å². The molecule has 2 rings (SSSR count). The highest BCUT2D eigenvalue weighted by Crippen LogP contribution is 2.24. The minimum Gasteiger partial charge on any atom is -0.353 e. The molecule has 0 bridgehead atoms. The minimum absolute atomic E-state index is 0.113. The van der Waals surface area contributed by atoms with Crippen molar-refractivity contribution in [2.45, 2.75) is 31.7 Å². The molecule has 0 radical (unpaired) electrons. The van der Waals surface area contributed by atoms with E-state index in [1.165, 1.54) is 9.99 Å². The van der Waals surface area contributed by atoms with Crippen LogP contribution in [0.25, 0.3) is 0 Å². The fourth-order valence-corrected chi connectivity index (χ4v) is 3.21. The molecule has 1 saturated carbocycles. The smallest absolute Gasteiger partial charge is 0.224 e. The first-order valence-electron chi connectivity index (χ1n) is 6.43. The predicted molar refractivity (Wildman–Crippen MR) is 81.2 cm³/mol. The van der Waals surface area contributed by atoms with Gasteiger partial charge in [-0.15, -0.1) is 0 Å². The molecule has 2 atom stereocenters. The number of benzene rings is 1. The monoisotopic (exact) mass is 358 g/mol. The Morgan fingerprint density at radius 1 is 1.44 bits per heavy atom. The molecule has 1 aromatic carbocycles. The Labute approximate surface area is 122 Å². The number of nitrogens with one attached hydrogen (secondary N) is 1. The largest absolute Gasteiger partial charge is 0.353 e. The van der Waals surface area contributed by atoms with Gasteiger partial charge in [0.1, 0.15) is 0 Å². The number of amides is 1. The molecule has 1 amide bonds. The molecule has 3 N–H and O–H groups in total. The van der Waals surface area contributed by atoms with Crippen LogP contribution in [0.3, 0.4) is 0 Å². The molecule has 98 valence electrons. The van der Waals surface area contributed by atoms with Gasteiger partial charge in [-0.2, -0.15) is 0 Å². The first-order valence-corrected chi connectivity index (χ1v) is 7.51. The summed E-state index contributed by atoms with van der Waals surface area (Å²) < 4.78 is 1.17. The number of carbonyl (C=O) groups excluding carboxylic acids is 1. The molecule has 1 fully saturated rings. The molecule has 0 aromatic heterocycles. The average Bonchev–Trinajstić information content (AvgIpc) is 2.76. The molecule has 0 saturated heterocycles. The molecule has 0 aliphatic heterocycles. The summed E-state index contributed by atoms with van der Waals surface area (Å²) in [4.78, 5) is 12.0. The quantitative estimate of drug-likeness (QED) is 0.810. The molecule has 18 heavy (non-hydrogen) atoms. The maximum Gasteiger partial charge on any atom is 0.224 e. The SMILES string of the molecule is NCC1CCCC1NC(=O)Cc1cccc(I)c1. The van der Waals surface area contributed by atoms with Gasteiger partial charge >= 0.3 is 0 Å². The van der Waals surface area contributed by atoms with Crippen molar-refractivity contribution in [1.82, 2.24) is 5.32 Å². The van der Waals surface area contributed by atoms with Gasteiger partial charge in [-0.25, -0.2) is 0 Å². The van der Waals surface area contributed by atoms with Crippen molar-refractivity contribution in [1.29, 1.82) is 0 Å². The fourth-order valence-electron chi connectivity index (χ4n) is 2.60. The van der Waals surface area contributed by atoms with Gasteiger partial charge in [0.2, 0.25) is 5.91 Å². The summed E-state index contributed by atoms with van der Waals surface area (Å²) in [7, 11) is 0. The van der Waals surface area contributed by atoms with Crippen molar-refractivity contribution < 1.29 is 4.79 Å². The summed E-state index contributed by atoms with van der Waals surface area (Å²) in [6, 6.07) is 8.35. The molecule has 3 nitrogen and oxygen atoms in total. The van der Waals surface area contributed by atoms with Crippen molar-refractivity contribution in [3.63, 3.8) is 0 Å². The van der Waals surface area contributed by atoms with Crippen LogP contribution in [0.1, 0.15) is 24.8 Å². The van der Waals surface area contributed by atoms with Gasteiger partial charge in [0.25, 0.3) is 0 Å². The van der Waals surface area contributed by atoms with Crippen LogP contribution in [0.2, 0.25) is 0 Å². The highest BCUT2D eigenvalue weighted by atomic mass is 127. The van der Waals surface area contributed by atoms with Crippen LogP contribution in [0, 0.1) is 9.49 Å². The third-order valence-corrected chi connectivity index (χ3v) is 4.23. The molecule has 2 unspecified atom stereocenters. The Balaban J connectivity index is 1.89. The molecular weight excluding hydrogens is 339 g/mol. The maximum absolute atomic E-state index is 12.0. The van der Waals surface area contributed by atoms with E-state index in [1.54, 1.807) is 0 Å². The highest BCUT2D eigenvalue weighted by molar-refractivity contribution is 14.1. The van der Waals surface area contributed by atoms with Crippen molar-refractivity contribution in [2.24, 2.45) is 11.7 Å². The van der Waals surface area contributed by atoms with Crippen LogP contribution in [0.15, 0.2) is 24.3 Å². The highest BCUT2D eigenvalue weighted by Gasteiger charge is 2.27. The number of nitrogens with two attached hydrogens (primary N) is 1. The van der Waals surface area contributed by atoms with Crippen LogP contribution in [0.4, 0.5) is 0 Å². The molecule has 1 aliphatic rings. The number of rotatable bonds is 4. The maximum atomic E-state index is 12.0.